The summed E-state index contributed by atoms with van der Waals surface area (Å²) in [6.07, 6.45) is 3.31. The van der Waals surface area contributed by atoms with Crippen LogP contribution in [0, 0.1) is 0 Å². The van der Waals surface area contributed by atoms with Crippen molar-refractivity contribution >= 4 is 34.7 Å². The lowest BCUT2D eigenvalue weighted by atomic mass is 10.2. The lowest BCUT2D eigenvalue weighted by molar-refractivity contribution is 0.634. The number of nitrogens with zero attached hydrogens (tertiary/aromatic N) is 3. The zero-order valence-corrected chi connectivity index (χ0v) is 15.7. The predicted octanol–water partition coefficient (Wildman–Crippen LogP) is 5.77. The smallest absolute Gasteiger partial charge is 0.192 e. The summed E-state index contributed by atoms with van der Waals surface area (Å²) in [6, 6.07) is 12.9. The lowest BCUT2D eigenvalue weighted by Gasteiger charge is -2.14. The van der Waals surface area contributed by atoms with Crippen LogP contribution >= 0.6 is 34.7 Å². The van der Waals surface area contributed by atoms with Gasteiger partial charge in [-0.2, -0.15) is 0 Å². The van der Waals surface area contributed by atoms with E-state index in [2.05, 4.69) is 45.3 Å². The molecule has 1 atom stereocenters. The normalized spacial score (nSPS) is 15.6. The van der Waals surface area contributed by atoms with Crippen molar-refractivity contribution in [3.63, 3.8) is 0 Å². The minimum Gasteiger partial charge on any atom is -0.303 e. The summed E-state index contributed by atoms with van der Waals surface area (Å²) >= 11 is 9.87. The van der Waals surface area contributed by atoms with Crippen LogP contribution in [0.25, 0.3) is 0 Å². The van der Waals surface area contributed by atoms with E-state index in [4.69, 9.17) is 11.6 Å². The Labute approximate surface area is 155 Å². The van der Waals surface area contributed by atoms with Crippen molar-refractivity contribution in [2.24, 2.45) is 0 Å². The van der Waals surface area contributed by atoms with Gasteiger partial charge in [0, 0.05) is 27.6 Å². The number of hydrogen-bond donors (Lipinski definition) is 0. The second-order valence-electron chi connectivity index (χ2n) is 6.04. The number of rotatable bonds is 6. The van der Waals surface area contributed by atoms with Gasteiger partial charge in [-0.25, -0.2) is 0 Å². The van der Waals surface area contributed by atoms with E-state index >= 15 is 0 Å². The summed E-state index contributed by atoms with van der Waals surface area (Å²) in [5.74, 6) is 1.08. The molecule has 0 aliphatic heterocycles. The molecule has 1 aliphatic rings. The molecule has 1 saturated carbocycles. The Morgan fingerprint density at radius 2 is 2.08 bits per heavy atom. The first kappa shape index (κ1) is 16.2. The highest BCUT2D eigenvalue weighted by Crippen LogP contribution is 2.43. The van der Waals surface area contributed by atoms with E-state index < -0.39 is 0 Å². The molecule has 0 unspecified atom stereocenters. The van der Waals surface area contributed by atoms with Gasteiger partial charge >= 0.3 is 0 Å². The zero-order valence-electron chi connectivity index (χ0n) is 13.4. The number of halogens is 1. The minimum absolute atomic E-state index is 0.245. The van der Waals surface area contributed by atoms with Crippen LogP contribution in [0.4, 0.5) is 0 Å². The number of hydrogen-bond acceptors (Lipinski definition) is 4. The van der Waals surface area contributed by atoms with Crippen LogP contribution in [-0.2, 0) is 6.42 Å². The van der Waals surface area contributed by atoms with Crippen molar-refractivity contribution in [3.8, 4) is 0 Å². The van der Waals surface area contributed by atoms with Gasteiger partial charge < -0.3 is 4.57 Å². The highest BCUT2D eigenvalue weighted by molar-refractivity contribution is 7.99. The molecule has 1 aromatic carbocycles. The molecule has 24 heavy (non-hydrogen) atoms. The number of benzene rings is 1. The fourth-order valence-electron chi connectivity index (χ4n) is 2.80. The summed E-state index contributed by atoms with van der Waals surface area (Å²) in [5.41, 5.74) is 1.15. The molecule has 0 spiro atoms. The first-order valence-electron chi connectivity index (χ1n) is 8.09. The number of thioether (sulfide) groups is 1. The van der Waals surface area contributed by atoms with Crippen molar-refractivity contribution in [1.29, 1.82) is 0 Å². The third-order valence-corrected chi connectivity index (χ3v) is 6.50. The first-order valence-corrected chi connectivity index (χ1v) is 10.2. The standard InChI is InChI=1S/C18H18ClN3S2/c1-12(15-6-2-3-7-16(15)19)24-18-21-20-17(22(18)13-8-9-13)11-14-5-4-10-23-14/h2-7,10,12-13H,8-9,11H2,1H3/t12-/m1/s1. The Bertz CT molecular complexity index is 825. The van der Waals surface area contributed by atoms with Gasteiger partial charge in [0.15, 0.2) is 5.16 Å². The number of thiophene rings is 1. The van der Waals surface area contributed by atoms with E-state index in [1.54, 1.807) is 23.1 Å². The Morgan fingerprint density at radius 3 is 2.79 bits per heavy atom. The van der Waals surface area contributed by atoms with Crippen LogP contribution in [0.1, 0.15) is 47.3 Å². The summed E-state index contributed by atoms with van der Waals surface area (Å²) in [7, 11) is 0. The van der Waals surface area contributed by atoms with E-state index in [0.29, 0.717) is 6.04 Å². The van der Waals surface area contributed by atoms with Crippen LogP contribution < -0.4 is 0 Å². The molecule has 3 nitrogen and oxygen atoms in total. The van der Waals surface area contributed by atoms with Gasteiger partial charge in [0.1, 0.15) is 5.82 Å². The van der Waals surface area contributed by atoms with Crippen LogP contribution in [0.2, 0.25) is 5.02 Å². The molecule has 124 valence electrons. The highest BCUT2D eigenvalue weighted by Gasteiger charge is 2.30. The van der Waals surface area contributed by atoms with Crippen LogP contribution in [0.15, 0.2) is 46.9 Å². The van der Waals surface area contributed by atoms with E-state index in [0.717, 1.165) is 28.0 Å². The first-order chi connectivity index (χ1) is 11.7. The number of aromatic nitrogens is 3. The van der Waals surface area contributed by atoms with E-state index in [1.165, 1.54) is 17.7 Å². The predicted molar refractivity (Wildman–Crippen MR) is 101 cm³/mol. The van der Waals surface area contributed by atoms with Crippen molar-refractivity contribution in [1.82, 2.24) is 14.8 Å². The largest absolute Gasteiger partial charge is 0.303 e. The summed E-state index contributed by atoms with van der Waals surface area (Å²) in [4.78, 5) is 1.33. The molecule has 0 saturated heterocycles. The van der Waals surface area contributed by atoms with Crippen LogP contribution in [0.5, 0.6) is 0 Å². The van der Waals surface area contributed by atoms with Crippen molar-refractivity contribution in [3.05, 3.63) is 63.1 Å². The fraction of sp³-hybridized carbons (Fsp3) is 0.333. The van der Waals surface area contributed by atoms with Gasteiger partial charge in [-0.3, -0.25) is 0 Å². The Kier molecular flexibility index (Phi) is 4.66. The maximum atomic E-state index is 6.35. The molecule has 2 aromatic heterocycles. The molecule has 0 bridgehead atoms. The molecule has 6 heteroatoms. The molecule has 2 heterocycles. The molecule has 0 radical (unpaired) electrons. The van der Waals surface area contributed by atoms with Gasteiger partial charge in [0.05, 0.1) is 0 Å². The monoisotopic (exact) mass is 375 g/mol. The van der Waals surface area contributed by atoms with Gasteiger partial charge in [-0.1, -0.05) is 47.6 Å². The molecular formula is C18H18ClN3S2. The zero-order chi connectivity index (χ0) is 16.5. The highest BCUT2D eigenvalue weighted by atomic mass is 35.5. The molecular weight excluding hydrogens is 358 g/mol. The average molecular weight is 376 g/mol. The SMILES string of the molecule is C[C@@H](Sc1nnc(Cc2cccs2)n1C1CC1)c1ccccc1Cl. The molecule has 4 rings (SSSR count). The topological polar surface area (TPSA) is 30.7 Å². The van der Waals surface area contributed by atoms with Gasteiger partial charge in [-0.15, -0.1) is 21.5 Å². The quantitative estimate of drug-likeness (QED) is 0.512. The van der Waals surface area contributed by atoms with Crippen molar-refractivity contribution < 1.29 is 0 Å². The minimum atomic E-state index is 0.245. The maximum Gasteiger partial charge on any atom is 0.192 e. The van der Waals surface area contributed by atoms with Gasteiger partial charge in [0.25, 0.3) is 0 Å². The lowest BCUT2D eigenvalue weighted by Crippen LogP contribution is -2.04. The van der Waals surface area contributed by atoms with Crippen molar-refractivity contribution in [2.75, 3.05) is 0 Å². The third kappa shape index (κ3) is 3.39. The summed E-state index contributed by atoms with van der Waals surface area (Å²) < 4.78 is 2.34. The van der Waals surface area contributed by atoms with E-state index in [-0.39, 0.29) is 5.25 Å². The Balaban J connectivity index is 1.59. The maximum absolute atomic E-state index is 6.35. The second-order valence-corrected chi connectivity index (χ2v) is 8.79. The molecule has 1 fully saturated rings. The Morgan fingerprint density at radius 1 is 1.25 bits per heavy atom. The van der Waals surface area contributed by atoms with Gasteiger partial charge in [-0.05, 0) is 42.8 Å². The van der Waals surface area contributed by atoms with E-state index in [1.807, 2.05) is 18.2 Å². The summed E-state index contributed by atoms with van der Waals surface area (Å²) in [6.45, 7) is 2.18. The molecule has 1 aliphatic carbocycles. The van der Waals surface area contributed by atoms with Gasteiger partial charge in [0.2, 0.25) is 0 Å². The Hall–Kier alpha value is -1.30. The molecule has 0 amide bonds. The van der Waals surface area contributed by atoms with Crippen LogP contribution in [-0.4, -0.2) is 14.8 Å². The van der Waals surface area contributed by atoms with Crippen LogP contribution in [0.3, 0.4) is 0 Å². The van der Waals surface area contributed by atoms with Crippen molar-refractivity contribution in [2.45, 2.75) is 42.6 Å². The average Bonchev–Trinajstić information content (AvgIpc) is 3.13. The second kappa shape index (κ2) is 6.90. The van der Waals surface area contributed by atoms with E-state index in [9.17, 15) is 0 Å². The summed E-state index contributed by atoms with van der Waals surface area (Å²) in [5, 5.41) is 13.2. The molecule has 3 aromatic rings. The molecule has 0 N–H and O–H groups in total. The fourth-order valence-corrected chi connectivity index (χ4v) is 4.97. The third-order valence-electron chi connectivity index (χ3n) is 4.18.